The fraction of sp³-hybridized carbons (Fsp3) is 0.375. The van der Waals surface area contributed by atoms with Gasteiger partial charge in [-0.2, -0.15) is 5.10 Å². The summed E-state index contributed by atoms with van der Waals surface area (Å²) >= 11 is 11.7. The van der Waals surface area contributed by atoms with Crippen LogP contribution in [0.25, 0.3) is 0 Å². The Bertz CT molecular complexity index is 733. The fourth-order valence-corrected chi connectivity index (χ4v) is 2.45. The predicted molar refractivity (Wildman–Crippen MR) is 98.4 cm³/mol. The topological polar surface area (TPSA) is 100 Å². The highest BCUT2D eigenvalue weighted by molar-refractivity contribution is 6.42. The maximum Gasteiger partial charge on any atom is 0.329 e. The second kappa shape index (κ2) is 9.51. The minimum atomic E-state index is -0.851. The summed E-state index contributed by atoms with van der Waals surface area (Å²) in [5.74, 6) is -1.88. The van der Waals surface area contributed by atoms with Crippen LogP contribution in [0.15, 0.2) is 23.3 Å². The molecule has 8 nitrogen and oxygen atoms in total. The molecule has 1 heterocycles. The summed E-state index contributed by atoms with van der Waals surface area (Å²) in [6.07, 6.45) is -0.0632. The van der Waals surface area contributed by atoms with E-state index < -0.39 is 11.8 Å². The highest BCUT2D eigenvalue weighted by Crippen LogP contribution is 2.25. The van der Waals surface area contributed by atoms with Crippen LogP contribution in [0, 0.1) is 0 Å². The molecule has 2 N–H and O–H groups in total. The molecule has 3 amide bonds. The lowest BCUT2D eigenvalue weighted by molar-refractivity contribution is -0.148. The number of nitrogens with zero attached hydrogens (tertiary/aromatic N) is 2. The average Bonchev–Trinajstić information content (AvgIpc) is 2.62. The first-order chi connectivity index (χ1) is 12.4. The van der Waals surface area contributed by atoms with Crippen molar-refractivity contribution in [2.45, 2.75) is 13.3 Å². The molecule has 10 heteroatoms. The Morgan fingerprint density at radius 3 is 2.54 bits per heavy atom. The van der Waals surface area contributed by atoms with Crippen molar-refractivity contribution in [1.82, 2.24) is 10.3 Å². The smallest absolute Gasteiger partial charge is 0.329 e. The third-order valence-corrected chi connectivity index (χ3v) is 4.20. The fourth-order valence-electron chi connectivity index (χ4n) is 2.16. The number of carbonyl (C=O) groups is 3. The standard InChI is InChI=1S/C16H18Cl2N4O4/c1-10(8-14(23)19-11-2-3-12(17)13(18)9-11)20-21-15(24)16(25)22-4-6-26-7-5-22/h2-3,9H,4-8H2,1H3,(H,19,23)(H,21,24). The Kier molecular flexibility index (Phi) is 7.38. The van der Waals surface area contributed by atoms with Crippen LogP contribution in [-0.2, 0) is 19.1 Å². The van der Waals surface area contributed by atoms with Crippen LogP contribution in [0.2, 0.25) is 10.0 Å². The monoisotopic (exact) mass is 400 g/mol. The molecule has 0 aliphatic carbocycles. The highest BCUT2D eigenvalue weighted by Gasteiger charge is 2.23. The van der Waals surface area contributed by atoms with Gasteiger partial charge in [0.15, 0.2) is 0 Å². The number of amides is 3. The Labute approximate surface area is 160 Å². The third-order valence-electron chi connectivity index (χ3n) is 3.46. The second-order valence-electron chi connectivity index (χ2n) is 5.55. The molecule has 1 fully saturated rings. The quantitative estimate of drug-likeness (QED) is 0.456. The molecular formula is C16H18Cl2N4O4. The van der Waals surface area contributed by atoms with Gasteiger partial charge in [-0.3, -0.25) is 14.4 Å². The highest BCUT2D eigenvalue weighted by atomic mass is 35.5. The van der Waals surface area contributed by atoms with Gasteiger partial charge in [0.25, 0.3) is 0 Å². The van der Waals surface area contributed by atoms with Crippen molar-refractivity contribution in [1.29, 1.82) is 0 Å². The Morgan fingerprint density at radius 1 is 1.19 bits per heavy atom. The summed E-state index contributed by atoms with van der Waals surface area (Å²) < 4.78 is 5.12. The van der Waals surface area contributed by atoms with Crippen molar-refractivity contribution in [3.05, 3.63) is 28.2 Å². The Hall–Kier alpha value is -2.16. The molecule has 1 aromatic rings. The van der Waals surface area contributed by atoms with E-state index in [1.165, 1.54) is 11.0 Å². The van der Waals surface area contributed by atoms with E-state index in [0.29, 0.717) is 47.7 Å². The number of carbonyl (C=O) groups excluding carboxylic acids is 3. The molecule has 1 aromatic carbocycles. The average molecular weight is 401 g/mol. The molecule has 0 radical (unpaired) electrons. The number of morpholine rings is 1. The first kappa shape index (κ1) is 20.2. The summed E-state index contributed by atoms with van der Waals surface area (Å²) in [7, 11) is 0. The van der Waals surface area contributed by atoms with Crippen molar-refractivity contribution in [3.8, 4) is 0 Å². The van der Waals surface area contributed by atoms with Gasteiger partial charge in [-0.25, -0.2) is 5.43 Å². The van der Waals surface area contributed by atoms with Crippen LogP contribution < -0.4 is 10.7 Å². The zero-order chi connectivity index (χ0) is 19.1. The molecule has 26 heavy (non-hydrogen) atoms. The summed E-state index contributed by atoms with van der Waals surface area (Å²) in [5, 5.41) is 7.13. The number of rotatable bonds is 4. The molecular weight excluding hydrogens is 383 g/mol. The molecule has 0 aromatic heterocycles. The SMILES string of the molecule is CC(CC(=O)Nc1ccc(Cl)c(Cl)c1)=NNC(=O)C(=O)N1CCOCC1. The molecule has 0 bridgehead atoms. The van der Waals surface area contributed by atoms with Crippen LogP contribution in [0.3, 0.4) is 0 Å². The molecule has 0 spiro atoms. The molecule has 2 rings (SSSR count). The number of hydrazone groups is 1. The van der Waals surface area contributed by atoms with E-state index in [2.05, 4.69) is 15.8 Å². The maximum absolute atomic E-state index is 12.0. The maximum atomic E-state index is 12.0. The number of ether oxygens (including phenoxy) is 1. The van der Waals surface area contributed by atoms with Crippen LogP contribution in [0.4, 0.5) is 5.69 Å². The summed E-state index contributed by atoms with van der Waals surface area (Å²) in [5.41, 5.74) is 2.99. The first-order valence-electron chi connectivity index (χ1n) is 7.82. The van der Waals surface area contributed by atoms with Gasteiger partial charge < -0.3 is 15.0 Å². The predicted octanol–water partition coefficient (Wildman–Crippen LogP) is 1.67. The Morgan fingerprint density at radius 2 is 1.88 bits per heavy atom. The summed E-state index contributed by atoms with van der Waals surface area (Å²) in [6.45, 7) is 3.09. The summed E-state index contributed by atoms with van der Waals surface area (Å²) in [4.78, 5) is 37.1. The minimum Gasteiger partial charge on any atom is -0.378 e. The van der Waals surface area contributed by atoms with Gasteiger partial charge in [-0.15, -0.1) is 0 Å². The normalized spacial score (nSPS) is 14.7. The molecule has 1 aliphatic heterocycles. The van der Waals surface area contributed by atoms with E-state index in [1.54, 1.807) is 19.1 Å². The van der Waals surface area contributed by atoms with Gasteiger partial charge in [0.1, 0.15) is 0 Å². The number of nitrogens with one attached hydrogen (secondary N) is 2. The molecule has 1 saturated heterocycles. The van der Waals surface area contributed by atoms with E-state index in [-0.39, 0.29) is 12.3 Å². The van der Waals surface area contributed by atoms with Crippen molar-refractivity contribution < 1.29 is 19.1 Å². The molecule has 140 valence electrons. The van der Waals surface area contributed by atoms with E-state index in [1.807, 2.05) is 0 Å². The molecule has 0 atom stereocenters. The van der Waals surface area contributed by atoms with Crippen molar-refractivity contribution in [2.75, 3.05) is 31.6 Å². The van der Waals surface area contributed by atoms with Gasteiger partial charge in [0, 0.05) is 24.5 Å². The van der Waals surface area contributed by atoms with E-state index in [9.17, 15) is 14.4 Å². The van der Waals surface area contributed by atoms with Gasteiger partial charge >= 0.3 is 11.8 Å². The summed E-state index contributed by atoms with van der Waals surface area (Å²) in [6, 6.07) is 4.70. The lowest BCUT2D eigenvalue weighted by Gasteiger charge is -2.25. The van der Waals surface area contributed by atoms with Crippen LogP contribution >= 0.6 is 23.2 Å². The van der Waals surface area contributed by atoms with Gasteiger partial charge in [0.2, 0.25) is 5.91 Å². The first-order valence-corrected chi connectivity index (χ1v) is 8.57. The van der Waals surface area contributed by atoms with Gasteiger partial charge in [0.05, 0.1) is 29.7 Å². The molecule has 0 unspecified atom stereocenters. The van der Waals surface area contributed by atoms with Crippen molar-refractivity contribution in [2.24, 2.45) is 5.10 Å². The van der Waals surface area contributed by atoms with Crippen molar-refractivity contribution >= 4 is 52.3 Å². The Balaban J connectivity index is 1.82. The van der Waals surface area contributed by atoms with Crippen molar-refractivity contribution in [3.63, 3.8) is 0 Å². The zero-order valence-corrected chi connectivity index (χ0v) is 15.6. The van der Waals surface area contributed by atoms with E-state index >= 15 is 0 Å². The number of hydrogen-bond acceptors (Lipinski definition) is 5. The van der Waals surface area contributed by atoms with E-state index in [0.717, 1.165) is 0 Å². The number of benzene rings is 1. The van der Waals surface area contributed by atoms with Crippen LogP contribution in [-0.4, -0.2) is 54.6 Å². The third kappa shape index (κ3) is 5.98. The lowest BCUT2D eigenvalue weighted by Crippen LogP contribution is -2.47. The number of anilines is 1. The van der Waals surface area contributed by atoms with Gasteiger partial charge in [-0.05, 0) is 25.1 Å². The lowest BCUT2D eigenvalue weighted by atomic mass is 10.2. The van der Waals surface area contributed by atoms with Gasteiger partial charge in [-0.1, -0.05) is 23.2 Å². The molecule has 0 saturated carbocycles. The largest absolute Gasteiger partial charge is 0.378 e. The number of halogens is 2. The minimum absolute atomic E-state index is 0.0632. The second-order valence-corrected chi connectivity index (χ2v) is 6.36. The zero-order valence-electron chi connectivity index (χ0n) is 14.1. The van der Waals surface area contributed by atoms with Crippen LogP contribution in [0.1, 0.15) is 13.3 Å². The molecule has 1 aliphatic rings. The number of hydrogen-bond donors (Lipinski definition) is 2. The van der Waals surface area contributed by atoms with Crippen LogP contribution in [0.5, 0.6) is 0 Å². The van der Waals surface area contributed by atoms with E-state index in [4.69, 9.17) is 27.9 Å².